The van der Waals surface area contributed by atoms with Crippen molar-refractivity contribution in [3.05, 3.63) is 24.3 Å². The summed E-state index contributed by atoms with van der Waals surface area (Å²) in [6.45, 7) is 6.33. The maximum Gasteiger partial charge on any atom is 0.263 e. The molecule has 0 radical (unpaired) electrons. The van der Waals surface area contributed by atoms with E-state index in [0.29, 0.717) is 0 Å². The highest BCUT2D eigenvalue weighted by molar-refractivity contribution is 7.98. The highest BCUT2D eigenvalue weighted by Gasteiger charge is 2.27. The molecule has 1 fully saturated rings. The summed E-state index contributed by atoms with van der Waals surface area (Å²) in [5.41, 5.74) is 0. The van der Waals surface area contributed by atoms with Crippen molar-refractivity contribution in [1.29, 1.82) is 0 Å². The van der Waals surface area contributed by atoms with Crippen LogP contribution >= 0.6 is 11.8 Å². The number of thioether (sulfide) groups is 1. The second kappa shape index (κ2) is 6.99. The summed E-state index contributed by atoms with van der Waals surface area (Å²) < 4.78 is 5.76. The van der Waals surface area contributed by atoms with E-state index in [4.69, 9.17) is 4.74 Å². The lowest BCUT2D eigenvalue weighted by atomic mass is 10.2. The zero-order valence-electron chi connectivity index (χ0n) is 12.3. The summed E-state index contributed by atoms with van der Waals surface area (Å²) >= 11 is 1.69. The van der Waals surface area contributed by atoms with Crippen molar-refractivity contribution >= 4 is 17.7 Å². The van der Waals surface area contributed by atoms with E-state index >= 15 is 0 Å². The van der Waals surface area contributed by atoms with Crippen LogP contribution in [0.5, 0.6) is 5.75 Å². The van der Waals surface area contributed by atoms with Crippen LogP contribution in [0, 0.1) is 0 Å². The predicted octanol–water partition coefficient (Wildman–Crippen LogP) is 2.00. The van der Waals surface area contributed by atoms with Crippen molar-refractivity contribution in [3.63, 3.8) is 0 Å². The number of ether oxygens (including phenoxy) is 1. The molecule has 1 heterocycles. The van der Waals surface area contributed by atoms with Gasteiger partial charge in [0, 0.05) is 30.6 Å². The van der Waals surface area contributed by atoms with E-state index in [-0.39, 0.29) is 11.9 Å². The van der Waals surface area contributed by atoms with Crippen LogP contribution in [0.1, 0.15) is 13.8 Å². The van der Waals surface area contributed by atoms with Crippen LogP contribution in [0.15, 0.2) is 29.2 Å². The van der Waals surface area contributed by atoms with Gasteiger partial charge in [-0.05, 0) is 44.4 Å². The van der Waals surface area contributed by atoms with Gasteiger partial charge in [-0.2, -0.15) is 0 Å². The maximum absolute atomic E-state index is 12.4. The number of carbonyl (C=O) groups is 1. The minimum absolute atomic E-state index is 0.0629. The third-order valence-corrected chi connectivity index (χ3v) is 4.25. The minimum atomic E-state index is -0.448. The molecule has 0 bridgehead atoms. The normalized spacial score (nSPS) is 20.6. The summed E-state index contributed by atoms with van der Waals surface area (Å²) in [5.74, 6) is 0.805. The number of nitrogens with one attached hydrogen (secondary N) is 1. The number of rotatable bonds is 4. The maximum atomic E-state index is 12.4. The number of hydrogen-bond donors (Lipinski definition) is 1. The molecule has 0 saturated carbocycles. The monoisotopic (exact) mass is 294 g/mol. The molecule has 1 aromatic carbocycles. The second-order valence-corrected chi connectivity index (χ2v) is 5.90. The molecule has 2 rings (SSSR count). The fourth-order valence-corrected chi connectivity index (χ4v) is 2.72. The highest BCUT2D eigenvalue weighted by atomic mass is 32.2. The van der Waals surface area contributed by atoms with E-state index in [1.165, 1.54) is 4.90 Å². The number of piperazine rings is 1. The number of nitrogens with zero attached hydrogens (tertiary/aromatic N) is 1. The van der Waals surface area contributed by atoms with Gasteiger partial charge in [-0.1, -0.05) is 0 Å². The number of hydrogen-bond acceptors (Lipinski definition) is 4. The third kappa shape index (κ3) is 3.67. The average Bonchev–Trinajstić information content (AvgIpc) is 2.48. The van der Waals surface area contributed by atoms with Gasteiger partial charge in [-0.3, -0.25) is 4.79 Å². The van der Waals surface area contributed by atoms with Crippen LogP contribution in [0.2, 0.25) is 0 Å². The molecule has 4 nitrogen and oxygen atoms in total. The molecule has 2 atom stereocenters. The van der Waals surface area contributed by atoms with Gasteiger partial charge < -0.3 is 15.0 Å². The molecule has 5 heteroatoms. The molecule has 0 aromatic heterocycles. The minimum Gasteiger partial charge on any atom is -0.481 e. The molecule has 1 aromatic rings. The molecule has 1 aliphatic heterocycles. The van der Waals surface area contributed by atoms with Gasteiger partial charge in [0.15, 0.2) is 6.10 Å². The van der Waals surface area contributed by atoms with Gasteiger partial charge in [0.05, 0.1) is 0 Å². The Balaban J connectivity index is 1.95. The molecule has 1 unspecified atom stereocenters. The van der Waals surface area contributed by atoms with Crippen molar-refractivity contribution in [2.75, 3.05) is 25.9 Å². The molecule has 110 valence electrons. The lowest BCUT2D eigenvalue weighted by Gasteiger charge is -2.35. The van der Waals surface area contributed by atoms with E-state index < -0.39 is 6.10 Å². The SMILES string of the molecule is CSc1ccc(OC(C)C(=O)N2CCNC[C@@H]2C)cc1. The van der Waals surface area contributed by atoms with Crippen molar-refractivity contribution in [1.82, 2.24) is 10.2 Å². The number of carbonyl (C=O) groups excluding carboxylic acids is 1. The van der Waals surface area contributed by atoms with E-state index in [9.17, 15) is 4.79 Å². The first kappa shape index (κ1) is 15.2. The van der Waals surface area contributed by atoms with Crippen LogP contribution < -0.4 is 10.1 Å². The van der Waals surface area contributed by atoms with Gasteiger partial charge in [-0.15, -0.1) is 11.8 Å². The van der Waals surface area contributed by atoms with Crippen molar-refractivity contribution in [3.8, 4) is 5.75 Å². The highest BCUT2D eigenvalue weighted by Crippen LogP contribution is 2.20. The van der Waals surface area contributed by atoms with Crippen LogP contribution in [-0.4, -0.2) is 48.8 Å². The third-order valence-electron chi connectivity index (χ3n) is 3.50. The Morgan fingerprint density at radius 2 is 2.15 bits per heavy atom. The summed E-state index contributed by atoms with van der Waals surface area (Å²) in [5, 5.41) is 3.28. The summed E-state index contributed by atoms with van der Waals surface area (Å²) in [4.78, 5) is 15.5. The Kier molecular flexibility index (Phi) is 5.31. The van der Waals surface area contributed by atoms with Crippen LogP contribution in [-0.2, 0) is 4.79 Å². The first-order chi connectivity index (χ1) is 9.61. The van der Waals surface area contributed by atoms with Gasteiger partial charge in [0.1, 0.15) is 5.75 Å². The Morgan fingerprint density at radius 3 is 2.75 bits per heavy atom. The summed E-state index contributed by atoms with van der Waals surface area (Å²) in [7, 11) is 0. The second-order valence-electron chi connectivity index (χ2n) is 5.02. The largest absolute Gasteiger partial charge is 0.481 e. The van der Waals surface area contributed by atoms with Gasteiger partial charge in [0.25, 0.3) is 5.91 Å². The van der Waals surface area contributed by atoms with Crippen molar-refractivity contribution < 1.29 is 9.53 Å². The van der Waals surface area contributed by atoms with E-state index in [0.717, 1.165) is 25.4 Å². The van der Waals surface area contributed by atoms with E-state index in [2.05, 4.69) is 12.2 Å². The first-order valence-electron chi connectivity index (χ1n) is 6.93. The quantitative estimate of drug-likeness (QED) is 0.863. The fraction of sp³-hybridized carbons (Fsp3) is 0.533. The summed E-state index contributed by atoms with van der Waals surface area (Å²) in [6, 6.07) is 8.06. The van der Waals surface area contributed by atoms with Crippen LogP contribution in [0.25, 0.3) is 0 Å². The molecule has 0 spiro atoms. The van der Waals surface area contributed by atoms with Crippen molar-refractivity contribution in [2.45, 2.75) is 30.9 Å². The van der Waals surface area contributed by atoms with Gasteiger partial charge in [0.2, 0.25) is 0 Å². The van der Waals surface area contributed by atoms with Gasteiger partial charge in [-0.25, -0.2) is 0 Å². The molecular weight excluding hydrogens is 272 g/mol. The van der Waals surface area contributed by atoms with Crippen molar-refractivity contribution in [2.24, 2.45) is 0 Å². The Labute approximate surface area is 124 Å². The molecule has 1 saturated heterocycles. The first-order valence-corrected chi connectivity index (χ1v) is 8.16. The topological polar surface area (TPSA) is 41.6 Å². The molecule has 1 aliphatic rings. The number of benzene rings is 1. The average molecular weight is 294 g/mol. The molecule has 20 heavy (non-hydrogen) atoms. The smallest absolute Gasteiger partial charge is 0.263 e. The lowest BCUT2D eigenvalue weighted by Crippen LogP contribution is -2.55. The molecule has 1 amide bonds. The van der Waals surface area contributed by atoms with Gasteiger partial charge >= 0.3 is 0 Å². The summed E-state index contributed by atoms with van der Waals surface area (Å²) in [6.07, 6.45) is 1.59. The van der Waals surface area contributed by atoms with E-state index in [1.54, 1.807) is 11.8 Å². The fourth-order valence-electron chi connectivity index (χ4n) is 2.31. The predicted molar refractivity (Wildman–Crippen MR) is 82.4 cm³/mol. The standard InChI is InChI=1S/C15H22N2O2S/c1-11-10-16-8-9-17(11)15(18)12(2)19-13-4-6-14(20-3)7-5-13/h4-7,11-12,16H,8-10H2,1-3H3/t11-,12?/m0/s1. The lowest BCUT2D eigenvalue weighted by molar-refractivity contribution is -0.140. The zero-order chi connectivity index (χ0) is 14.5. The van der Waals surface area contributed by atoms with E-state index in [1.807, 2.05) is 42.3 Å². The Morgan fingerprint density at radius 1 is 1.45 bits per heavy atom. The number of amides is 1. The molecular formula is C15H22N2O2S. The molecule has 0 aliphatic carbocycles. The Hall–Kier alpha value is -1.20. The Bertz CT molecular complexity index is 450. The zero-order valence-corrected chi connectivity index (χ0v) is 13.1. The molecule has 1 N–H and O–H groups in total. The van der Waals surface area contributed by atoms with Crippen LogP contribution in [0.3, 0.4) is 0 Å². The van der Waals surface area contributed by atoms with Crippen LogP contribution in [0.4, 0.5) is 0 Å².